The molecule has 1 aromatic carbocycles. The Morgan fingerprint density at radius 3 is 2.62 bits per heavy atom. The van der Waals surface area contributed by atoms with Gasteiger partial charge in [0.15, 0.2) is 0 Å². The number of nitrogens with one attached hydrogen (secondary N) is 2. The van der Waals surface area contributed by atoms with Crippen LogP contribution < -0.4 is 10.6 Å². The summed E-state index contributed by atoms with van der Waals surface area (Å²) in [5.74, 6) is -1.23. The van der Waals surface area contributed by atoms with Crippen molar-refractivity contribution in [2.45, 2.75) is 45.4 Å². The summed E-state index contributed by atoms with van der Waals surface area (Å²) in [5, 5.41) is 5.46. The molecule has 6 heteroatoms. The van der Waals surface area contributed by atoms with E-state index in [1.54, 1.807) is 13.2 Å². The highest BCUT2D eigenvalue weighted by atomic mass is 16.5. The van der Waals surface area contributed by atoms with Gasteiger partial charge in [-0.05, 0) is 44.9 Å². The molecule has 1 aromatic rings. The van der Waals surface area contributed by atoms with Crippen LogP contribution in [0.15, 0.2) is 24.3 Å². The smallest absolute Gasteiger partial charge is 0.313 e. The molecule has 0 bridgehead atoms. The van der Waals surface area contributed by atoms with E-state index in [9.17, 15) is 9.59 Å². The maximum atomic E-state index is 12.1. The average molecular weight is 333 g/mol. The maximum Gasteiger partial charge on any atom is 0.313 e. The van der Waals surface area contributed by atoms with Crippen molar-refractivity contribution < 1.29 is 14.3 Å². The molecular formula is C18H27N3O3. The molecule has 0 aromatic heterocycles. The quantitative estimate of drug-likeness (QED) is 0.808. The van der Waals surface area contributed by atoms with Gasteiger partial charge in [-0.15, -0.1) is 0 Å². The number of carbonyl (C=O) groups excluding carboxylic acids is 2. The lowest BCUT2D eigenvalue weighted by atomic mass is 10.1. The Hall–Kier alpha value is -1.92. The van der Waals surface area contributed by atoms with Crippen molar-refractivity contribution in [2.75, 3.05) is 25.5 Å². The average Bonchev–Trinajstić information content (AvgIpc) is 3.03. The number of ether oxygens (including phenoxy) is 1. The van der Waals surface area contributed by atoms with Crippen molar-refractivity contribution in [2.24, 2.45) is 0 Å². The molecule has 2 amide bonds. The Bertz CT molecular complexity index is 589. The van der Waals surface area contributed by atoms with Crippen molar-refractivity contribution >= 4 is 17.5 Å². The van der Waals surface area contributed by atoms with Crippen molar-refractivity contribution in [1.82, 2.24) is 10.2 Å². The number of anilines is 1. The third-order valence-electron chi connectivity index (χ3n) is 4.46. The van der Waals surface area contributed by atoms with E-state index in [-0.39, 0.29) is 12.1 Å². The van der Waals surface area contributed by atoms with Crippen molar-refractivity contribution in [3.05, 3.63) is 29.8 Å². The van der Waals surface area contributed by atoms with Gasteiger partial charge in [0, 0.05) is 38.0 Å². The Labute approximate surface area is 143 Å². The molecule has 0 saturated carbocycles. The summed E-state index contributed by atoms with van der Waals surface area (Å²) in [5.41, 5.74) is 1.53. The molecule has 0 unspecified atom stereocenters. The molecule has 24 heavy (non-hydrogen) atoms. The van der Waals surface area contributed by atoms with Gasteiger partial charge in [-0.1, -0.05) is 12.1 Å². The summed E-state index contributed by atoms with van der Waals surface area (Å²) in [7, 11) is 1.63. The Kier molecular flexibility index (Phi) is 6.34. The summed E-state index contributed by atoms with van der Waals surface area (Å²) in [4.78, 5) is 26.5. The first-order valence-corrected chi connectivity index (χ1v) is 8.39. The number of nitrogens with zero attached hydrogens (tertiary/aromatic N) is 1. The third-order valence-corrected chi connectivity index (χ3v) is 4.46. The van der Waals surface area contributed by atoms with Gasteiger partial charge in [0.25, 0.3) is 0 Å². The zero-order valence-electron chi connectivity index (χ0n) is 14.8. The van der Waals surface area contributed by atoms with Gasteiger partial charge in [-0.25, -0.2) is 0 Å². The minimum atomic E-state index is -0.639. The van der Waals surface area contributed by atoms with E-state index in [1.807, 2.05) is 25.1 Å². The van der Waals surface area contributed by atoms with Crippen LogP contribution in [0.3, 0.4) is 0 Å². The van der Waals surface area contributed by atoms with Crippen LogP contribution in [-0.4, -0.2) is 49.0 Å². The molecule has 2 N–H and O–H groups in total. The normalized spacial score (nSPS) is 19.3. The summed E-state index contributed by atoms with van der Waals surface area (Å²) in [6, 6.07) is 7.80. The van der Waals surface area contributed by atoms with E-state index < -0.39 is 11.8 Å². The standard InChI is InChI=1S/C18H27N3O3/c1-12(2)21-9-8-16(11-21)20-18(23)17(22)19-15-7-5-6-14(10-15)13(3)24-4/h5-7,10,12-13,16H,8-9,11H2,1-4H3,(H,19,22)(H,20,23)/t13-,16+/m1/s1. The molecule has 1 aliphatic heterocycles. The second kappa shape index (κ2) is 8.26. The molecule has 1 saturated heterocycles. The zero-order valence-corrected chi connectivity index (χ0v) is 14.8. The topological polar surface area (TPSA) is 70.7 Å². The predicted molar refractivity (Wildman–Crippen MR) is 93.8 cm³/mol. The summed E-state index contributed by atoms with van der Waals surface area (Å²) < 4.78 is 5.26. The van der Waals surface area contributed by atoms with Gasteiger partial charge in [0.05, 0.1) is 6.10 Å². The van der Waals surface area contributed by atoms with Crippen molar-refractivity contribution in [1.29, 1.82) is 0 Å². The molecule has 1 aliphatic rings. The SMILES string of the molecule is CO[C@H](C)c1cccc(NC(=O)C(=O)N[C@H]2CCN(C(C)C)C2)c1. The summed E-state index contributed by atoms with van der Waals surface area (Å²) >= 11 is 0. The van der Waals surface area contributed by atoms with Crippen LogP contribution in [0.2, 0.25) is 0 Å². The number of hydrogen-bond donors (Lipinski definition) is 2. The fourth-order valence-corrected chi connectivity index (χ4v) is 2.82. The first-order chi connectivity index (χ1) is 11.4. The molecular weight excluding hydrogens is 306 g/mol. The largest absolute Gasteiger partial charge is 0.377 e. The summed E-state index contributed by atoms with van der Waals surface area (Å²) in [6.07, 6.45) is 0.800. The van der Waals surface area contributed by atoms with Crippen LogP contribution in [0.25, 0.3) is 0 Å². The van der Waals surface area contributed by atoms with Crippen molar-refractivity contribution in [3.63, 3.8) is 0 Å². The highest BCUT2D eigenvalue weighted by Gasteiger charge is 2.27. The number of carbonyl (C=O) groups is 2. The third kappa shape index (κ3) is 4.79. The van der Waals surface area contributed by atoms with E-state index >= 15 is 0 Å². The van der Waals surface area contributed by atoms with E-state index in [1.165, 1.54) is 0 Å². The molecule has 132 valence electrons. The number of benzene rings is 1. The first kappa shape index (κ1) is 18.4. The van der Waals surface area contributed by atoms with Gasteiger partial charge >= 0.3 is 11.8 Å². The van der Waals surface area contributed by atoms with Gasteiger partial charge in [-0.2, -0.15) is 0 Å². The highest BCUT2D eigenvalue weighted by molar-refractivity contribution is 6.39. The van der Waals surface area contributed by atoms with Gasteiger partial charge in [-0.3, -0.25) is 14.5 Å². The summed E-state index contributed by atoms with van der Waals surface area (Å²) in [6.45, 7) is 7.92. The minimum absolute atomic E-state index is 0.0329. The lowest BCUT2D eigenvalue weighted by molar-refractivity contribution is -0.136. The Morgan fingerprint density at radius 1 is 1.25 bits per heavy atom. The zero-order chi connectivity index (χ0) is 17.7. The molecule has 6 nitrogen and oxygen atoms in total. The predicted octanol–water partition coefficient (Wildman–Crippen LogP) is 1.93. The van der Waals surface area contributed by atoms with Crippen LogP contribution in [0.5, 0.6) is 0 Å². The number of rotatable bonds is 5. The molecule has 1 fully saturated rings. The lowest BCUT2D eigenvalue weighted by Gasteiger charge is -2.20. The van der Waals surface area contributed by atoms with Gasteiger partial charge in [0.2, 0.25) is 0 Å². The second-order valence-corrected chi connectivity index (χ2v) is 6.51. The fraction of sp³-hybridized carbons (Fsp3) is 0.556. The maximum absolute atomic E-state index is 12.1. The first-order valence-electron chi connectivity index (χ1n) is 8.39. The minimum Gasteiger partial charge on any atom is -0.377 e. The molecule has 0 radical (unpaired) electrons. The molecule has 2 rings (SSSR count). The van der Waals surface area contributed by atoms with E-state index in [2.05, 4.69) is 29.4 Å². The van der Waals surface area contributed by atoms with E-state index in [0.717, 1.165) is 25.1 Å². The molecule has 1 heterocycles. The number of amides is 2. The number of hydrogen-bond acceptors (Lipinski definition) is 4. The lowest BCUT2D eigenvalue weighted by Crippen LogP contribution is -2.43. The number of methoxy groups -OCH3 is 1. The van der Waals surface area contributed by atoms with Gasteiger partial charge in [0.1, 0.15) is 0 Å². The Balaban J connectivity index is 1.89. The highest BCUT2D eigenvalue weighted by Crippen LogP contribution is 2.19. The fourth-order valence-electron chi connectivity index (χ4n) is 2.82. The van der Waals surface area contributed by atoms with Crippen LogP contribution in [0, 0.1) is 0 Å². The molecule has 2 atom stereocenters. The van der Waals surface area contributed by atoms with E-state index in [4.69, 9.17) is 4.74 Å². The van der Waals surface area contributed by atoms with Crippen LogP contribution in [-0.2, 0) is 14.3 Å². The molecule has 0 aliphatic carbocycles. The van der Waals surface area contributed by atoms with Crippen LogP contribution >= 0.6 is 0 Å². The van der Waals surface area contributed by atoms with Crippen molar-refractivity contribution in [3.8, 4) is 0 Å². The number of likely N-dealkylation sites (tertiary alicyclic amines) is 1. The van der Waals surface area contributed by atoms with Crippen LogP contribution in [0.4, 0.5) is 5.69 Å². The monoisotopic (exact) mass is 333 g/mol. The Morgan fingerprint density at radius 2 is 2.00 bits per heavy atom. The van der Waals surface area contributed by atoms with Crippen LogP contribution in [0.1, 0.15) is 38.9 Å². The second-order valence-electron chi connectivity index (χ2n) is 6.51. The van der Waals surface area contributed by atoms with Gasteiger partial charge < -0.3 is 15.4 Å². The molecule has 0 spiro atoms. The van der Waals surface area contributed by atoms with E-state index in [0.29, 0.717) is 11.7 Å².